The Bertz CT molecular complexity index is 1480. The number of fused-ring (bicyclic) bond motifs is 1. The van der Waals surface area contributed by atoms with E-state index in [-0.39, 0.29) is 23.2 Å². The monoisotopic (exact) mass is 562 g/mol. The maximum Gasteiger partial charge on any atom is 0.406 e. The average Bonchev–Trinajstić information content (AvgIpc) is 3.20. The van der Waals surface area contributed by atoms with Crippen molar-refractivity contribution in [3.63, 3.8) is 0 Å². The SMILES string of the molecule is CCOc1cc(S(C)(=O)=O)ccc1NCC#Cc1cc2c(NC3CCN(C)CC3)cccc2n1CC(F)(F)F. The van der Waals surface area contributed by atoms with Crippen LogP contribution in [0.4, 0.5) is 24.5 Å². The van der Waals surface area contributed by atoms with E-state index in [4.69, 9.17) is 4.74 Å². The van der Waals surface area contributed by atoms with Gasteiger partial charge in [0.15, 0.2) is 9.84 Å². The first-order chi connectivity index (χ1) is 18.4. The summed E-state index contributed by atoms with van der Waals surface area (Å²) in [5.74, 6) is 6.17. The van der Waals surface area contributed by atoms with E-state index in [1.54, 1.807) is 31.2 Å². The third-order valence-electron chi connectivity index (χ3n) is 6.63. The van der Waals surface area contributed by atoms with E-state index >= 15 is 0 Å². The first-order valence-electron chi connectivity index (χ1n) is 12.8. The van der Waals surface area contributed by atoms with E-state index in [0.717, 1.165) is 37.9 Å². The molecule has 11 heteroatoms. The van der Waals surface area contributed by atoms with Gasteiger partial charge in [-0.25, -0.2) is 8.42 Å². The van der Waals surface area contributed by atoms with E-state index in [0.29, 0.717) is 28.9 Å². The molecule has 210 valence electrons. The smallest absolute Gasteiger partial charge is 0.406 e. The lowest BCUT2D eigenvalue weighted by atomic mass is 10.0. The topological polar surface area (TPSA) is 75.6 Å². The number of anilines is 2. The van der Waals surface area contributed by atoms with E-state index in [1.807, 2.05) is 6.07 Å². The van der Waals surface area contributed by atoms with Crippen LogP contribution >= 0.6 is 0 Å². The van der Waals surface area contributed by atoms with E-state index < -0.39 is 22.6 Å². The third-order valence-corrected chi connectivity index (χ3v) is 7.74. The number of nitrogens with zero attached hydrogens (tertiary/aromatic N) is 2. The van der Waals surface area contributed by atoms with E-state index in [1.165, 1.54) is 16.7 Å². The summed E-state index contributed by atoms with van der Waals surface area (Å²) >= 11 is 0. The summed E-state index contributed by atoms with van der Waals surface area (Å²) < 4.78 is 71.1. The summed E-state index contributed by atoms with van der Waals surface area (Å²) in [6, 6.07) is 11.8. The number of sulfone groups is 1. The van der Waals surface area contributed by atoms with Gasteiger partial charge < -0.3 is 24.8 Å². The predicted octanol–water partition coefficient (Wildman–Crippen LogP) is 4.98. The van der Waals surface area contributed by atoms with Gasteiger partial charge in [0.25, 0.3) is 0 Å². The number of hydrogen-bond donors (Lipinski definition) is 2. The Morgan fingerprint density at radius 3 is 2.51 bits per heavy atom. The van der Waals surface area contributed by atoms with Crippen LogP contribution in [0.3, 0.4) is 0 Å². The second kappa shape index (κ2) is 11.8. The summed E-state index contributed by atoms with van der Waals surface area (Å²) in [5, 5.41) is 7.31. The van der Waals surface area contributed by atoms with Gasteiger partial charge in [0.1, 0.15) is 12.3 Å². The molecule has 1 aliphatic heterocycles. The van der Waals surface area contributed by atoms with Crippen molar-refractivity contribution in [2.75, 3.05) is 50.2 Å². The highest BCUT2D eigenvalue weighted by Gasteiger charge is 2.30. The zero-order valence-electron chi connectivity index (χ0n) is 22.2. The molecule has 3 aromatic rings. The van der Waals surface area contributed by atoms with Crippen LogP contribution in [-0.4, -0.2) is 69.6 Å². The highest BCUT2D eigenvalue weighted by atomic mass is 32.2. The van der Waals surface area contributed by atoms with Crippen molar-refractivity contribution in [1.82, 2.24) is 9.47 Å². The van der Waals surface area contributed by atoms with Crippen molar-refractivity contribution in [2.24, 2.45) is 0 Å². The van der Waals surface area contributed by atoms with Gasteiger partial charge in [0.05, 0.1) is 34.9 Å². The lowest BCUT2D eigenvalue weighted by molar-refractivity contribution is -0.140. The molecule has 2 aromatic carbocycles. The number of nitrogens with one attached hydrogen (secondary N) is 2. The van der Waals surface area contributed by atoms with Crippen LogP contribution in [0, 0.1) is 11.8 Å². The second-order valence-corrected chi connectivity index (χ2v) is 11.7. The minimum absolute atomic E-state index is 0.118. The Morgan fingerprint density at radius 1 is 1.10 bits per heavy atom. The molecule has 1 aromatic heterocycles. The maximum absolute atomic E-state index is 13.5. The molecule has 39 heavy (non-hydrogen) atoms. The zero-order chi connectivity index (χ0) is 28.2. The van der Waals surface area contributed by atoms with Gasteiger partial charge in [-0.15, -0.1) is 0 Å². The van der Waals surface area contributed by atoms with Crippen LogP contribution in [0.25, 0.3) is 10.9 Å². The van der Waals surface area contributed by atoms with Crippen molar-refractivity contribution < 1.29 is 26.3 Å². The van der Waals surface area contributed by atoms with Gasteiger partial charge in [-0.2, -0.15) is 13.2 Å². The number of alkyl halides is 3. The number of ether oxygens (including phenoxy) is 1. The Morgan fingerprint density at radius 2 is 1.85 bits per heavy atom. The average molecular weight is 563 g/mol. The molecule has 1 saturated heterocycles. The standard InChI is InChI=1S/C28H33F3N4O3S/c1-4-38-27-18-22(39(3,36)37)10-11-25(27)32-14-6-7-21-17-23-24(33-20-12-15-34(2)16-13-20)8-5-9-26(23)35(21)19-28(29,30)31/h5,8-11,17-18,20,32-33H,4,12-16,19H2,1-3H3. The molecule has 1 fully saturated rings. The molecule has 0 spiro atoms. The van der Waals surface area contributed by atoms with Gasteiger partial charge in [0, 0.05) is 29.4 Å². The van der Waals surface area contributed by atoms with Crippen LogP contribution in [0.15, 0.2) is 47.4 Å². The molecule has 0 atom stereocenters. The number of rotatable bonds is 8. The van der Waals surface area contributed by atoms with Gasteiger partial charge in [-0.3, -0.25) is 0 Å². The van der Waals surface area contributed by atoms with Crippen LogP contribution in [0.1, 0.15) is 25.5 Å². The van der Waals surface area contributed by atoms with Crippen molar-refractivity contribution >= 4 is 32.1 Å². The van der Waals surface area contributed by atoms with Crippen molar-refractivity contribution in [3.05, 3.63) is 48.2 Å². The number of aromatic nitrogens is 1. The summed E-state index contributed by atoms with van der Waals surface area (Å²) in [4.78, 5) is 2.39. The van der Waals surface area contributed by atoms with E-state index in [9.17, 15) is 21.6 Å². The van der Waals surface area contributed by atoms with Gasteiger partial charge in [0.2, 0.25) is 0 Å². The summed E-state index contributed by atoms with van der Waals surface area (Å²) in [7, 11) is -1.33. The molecule has 0 aliphatic carbocycles. The molecular formula is C28H33F3N4O3S. The molecule has 1 aliphatic rings. The second-order valence-electron chi connectivity index (χ2n) is 9.71. The van der Waals surface area contributed by atoms with Gasteiger partial charge in [-0.05, 0) is 76.2 Å². The zero-order valence-corrected chi connectivity index (χ0v) is 23.0. The molecule has 0 amide bonds. The van der Waals surface area contributed by atoms with Crippen molar-refractivity contribution in [2.45, 2.75) is 43.4 Å². The quantitative estimate of drug-likeness (QED) is 0.378. The Balaban J connectivity index is 1.59. The number of benzene rings is 2. The highest BCUT2D eigenvalue weighted by molar-refractivity contribution is 7.90. The van der Waals surface area contributed by atoms with Crippen molar-refractivity contribution in [1.29, 1.82) is 0 Å². The Labute approximate surface area is 227 Å². The molecule has 4 rings (SSSR count). The fourth-order valence-corrected chi connectivity index (χ4v) is 5.30. The van der Waals surface area contributed by atoms with Crippen LogP contribution in [0.5, 0.6) is 5.75 Å². The van der Waals surface area contributed by atoms with Crippen LogP contribution < -0.4 is 15.4 Å². The predicted molar refractivity (Wildman–Crippen MR) is 148 cm³/mol. The number of halogens is 3. The molecular weight excluding hydrogens is 529 g/mol. The molecule has 0 radical (unpaired) electrons. The first-order valence-corrected chi connectivity index (χ1v) is 14.7. The van der Waals surface area contributed by atoms with Crippen LogP contribution in [-0.2, 0) is 16.4 Å². The minimum atomic E-state index is -4.41. The lowest BCUT2D eigenvalue weighted by Gasteiger charge is -2.30. The Hall–Kier alpha value is -3.36. The Kier molecular flexibility index (Phi) is 8.67. The molecule has 7 nitrogen and oxygen atoms in total. The summed E-state index contributed by atoms with van der Waals surface area (Å²) in [6.45, 7) is 3.02. The maximum atomic E-state index is 13.5. The van der Waals surface area contributed by atoms with Crippen LogP contribution in [0.2, 0.25) is 0 Å². The minimum Gasteiger partial charge on any atom is -0.492 e. The number of hydrogen-bond acceptors (Lipinski definition) is 6. The summed E-state index contributed by atoms with van der Waals surface area (Å²) in [6.07, 6.45) is -1.37. The molecule has 0 unspecified atom stereocenters. The highest BCUT2D eigenvalue weighted by Crippen LogP contribution is 2.31. The lowest BCUT2D eigenvalue weighted by Crippen LogP contribution is -2.36. The largest absolute Gasteiger partial charge is 0.492 e. The van der Waals surface area contributed by atoms with Gasteiger partial charge in [-0.1, -0.05) is 12.0 Å². The molecule has 0 saturated carbocycles. The molecule has 2 heterocycles. The first kappa shape index (κ1) is 28.6. The number of piperidine rings is 1. The fourth-order valence-electron chi connectivity index (χ4n) is 4.66. The van der Waals surface area contributed by atoms with Gasteiger partial charge >= 0.3 is 6.18 Å². The third kappa shape index (κ3) is 7.40. The fraction of sp³-hybridized carbons (Fsp3) is 0.429. The number of likely N-dealkylation sites (tertiary alicyclic amines) is 1. The normalized spacial score (nSPS) is 15.1. The molecule has 2 N–H and O–H groups in total. The van der Waals surface area contributed by atoms with Crippen molar-refractivity contribution in [3.8, 4) is 17.6 Å². The van der Waals surface area contributed by atoms with E-state index in [2.05, 4.69) is 34.4 Å². The summed E-state index contributed by atoms with van der Waals surface area (Å²) in [5.41, 5.74) is 2.08. The molecule has 0 bridgehead atoms.